The van der Waals surface area contributed by atoms with Crippen molar-refractivity contribution in [1.82, 2.24) is 15.2 Å². The van der Waals surface area contributed by atoms with Crippen molar-refractivity contribution in [2.45, 2.75) is 19.4 Å². The van der Waals surface area contributed by atoms with Crippen LogP contribution in [0, 0.1) is 10.1 Å². The van der Waals surface area contributed by atoms with Crippen molar-refractivity contribution in [2.24, 2.45) is 0 Å². The van der Waals surface area contributed by atoms with Crippen LogP contribution in [0.5, 0.6) is 0 Å². The maximum atomic E-state index is 12.9. The Hall–Kier alpha value is -4.27. The van der Waals surface area contributed by atoms with Gasteiger partial charge in [-0.3, -0.25) is 19.7 Å². The number of rotatable bonds is 8. The minimum atomic E-state index is -0.474. The molecule has 0 radical (unpaired) electrons. The maximum Gasteiger partial charge on any atom is 0.287 e. The third kappa shape index (κ3) is 6.41. The van der Waals surface area contributed by atoms with Crippen LogP contribution in [0.3, 0.4) is 0 Å². The number of anilines is 1. The summed E-state index contributed by atoms with van der Waals surface area (Å²) in [5.41, 5.74) is 2.63. The highest BCUT2D eigenvalue weighted by Gasteiger charge is 2.23. The summed E-state index contributed by atoms with van der Waals surface area (Å²) < 4.78 is 0. The zero-order valence-corrected chi connectivity index (χ0v) is 19.3. The van der Waals surface area contributed by atoms with Gasteiger partial charge in [-0.05, 0) is 35.7 Å². The molecule has 9 nitrogen and oxygen atoms in total. The molecule has 0 saturated carbocycles. The zero-order valence-electron chi connectivity index (χ0n) is 19.3. The van der Waals surface area contributed by atoms with Crippen LogP contribution < -0.4 is 10.2 Å². The van der Waals surface area contributed by atoms with E-state index in [0.29, 0.717) is 56.9 Å². The van der Waals surface area contributed by atoms with E-state index < -0.39 is 4.92 Å². The Morgan fingerprint density at radius 1 is 0.914 bits per heavy atom. The van der Waals surface area contributed by atoms with E-state index in [9.17, 15) is 19.7 Å². The van der Waals surface area contributed by atoms with Gasteiger partial charge in [0.2, 0.25) is 5.91 Å². The molecule has 180 valence electrons. The van der Waals surface area contributed by atoms with Crippen LogP contribution in [0.1, 0.15) is 27.9 Å². The topological polar surface area (TPSA) is 109 Å². The van der Waals surface area contributed by atoms with Crippen LogP contribution in [-0.4, -0.2) is 52.8 Å². The van der Waals surface area contributed by atoms with Crippen LogP contribution in [0.2, 0.25) is 0 Å². The molecule has 1 saturated heterocycles. The summed E-state index contributed by atoms with van der Waals surface area (Å²) in [7, 11) is 0. The van der Waals surface area contributed by atoms with Gasteiger partial charge in [0.15, 0.2) is 0 Å². The molecule has 9 heteroatoms. The fourth-order valence-electron chi connectivity index (χ4n) is 3.95. The lowest BCUT2D eigenvalue weighted by Gasteiger charge is -2.35. The van der Waals surface area contributed by atoms with Gasteiger partial charge in [-0.1, -0.05) is 42.5 Å². The van der Waals surface area contributed by atoms with Crippen LogP contribution >= 0.6 is 0 Å². The van der Waals surface area contributed by atoms with E-state index in [-0.39, 0.29) is 17.5 Å². The van der Waals surface area contributed by atoms with E-state index in [1.165, 1.54) is 12.3 Å². The van der Waals surface area contributed by atoms with Gasteiger partial charge in [-0.2, -0.15) is 0 Å². The molecule has 2 heterocycles. The van der Waals surface area contributed by atoms with Crippen LogP contribution in [-0.2, 0) is 17.8 Å². The van der Waals surface area contributed by atoms with Gasteiger partial charge in [0.1, 0.15) is 12.0 Å². The number of piperazine rings is 1. The smallest absolute Gasteiger partial charge is 0.287 e. The summed E-state index contributed by atoms with van der Waals surface area (Å²) in [5, 5.41) is 13.7. The summed E-state index contributed by atoms with van der Waals surface area (Å²) in [6.07, 6.45) is 2.38. The molecule has 2 aromatic carbocycles. The predicted molar refractivity (Wildman–Crippen MR) is 132 cm³/mol. The minimum Gasteiger partial charge on any atom is -0.353 e. The highest BCUT2D eigenvalue weighted by molar-refractivity contribution is 5.94. The number of nitrogens with zero attached hydrogens (tertiary/aromatic N) is 4. The largest absolute Gasteiger partial charge is 0.353 e. The SMILES string of the molecule is O=C(CCc1ccccc1)NCc1ccc(C(=O)N2CCN(c3ccc([N+](=O)[O-])cn3)CC2)cc1. The van der Waals surface area contributed by atoms with Gasteiger partial charge >= 0.3 is 0 Å². The van der Waals surface area contributed by atoms with E-state index in [2.05, 4.69) is 10.3 Å². The third-order valence-electron chi connectivity index (χ3n) is 6.01. The third-order valence-corrected chi connectivity index (χ3v) is 6.01. The summed E-state index contributed by atoms with van der Waals surface area (Å²) >= 11 is 0. The van der Waals surface area contributed by atoms with Crippen molar-refractivity contribution < 1.29 is 14.5 Å². The molecule has 1 aromatic heterocycles. The van der Waals surface area contributed by atoms with Gasteiger partial charge in [0.05, 0.1) is 4.92 Å². The number of amides is 2. The molecule has 0 atom stereocenters. The van der Waals surface area contributed by atoms with E-state index in [1.807, 2.05) is 47.4 Å². The Bertz CT molecular complexity index is 1160. The highest BCUT2D eigenvalue weighted by atomic mass is 16.6. The fourth-order valence-corrected chi connectivity index (χ4v) is 3.95. The summed E-state index contributed by atoms with van der Waals surface area (Å²) in [6, 6.07) is 20.3. The molecular weight excluding hydrogens is 446 g/mol. The predicted octanol–water partition coefficient (Wildman–Crippen LogP) is 3.20. The first-order chi connectivity index (χ1) is 17.0. The van der Waals surface area contributed by atoms with E-state index >= 15 is 0 Å². The molecule has 0 aliphatic carbocycles. The Balaban J connectivity index is 1.23. The quantitative estimate of drug-likeness (QED) is 0.398. The number of pyridine rings is 1. The second kappa shape index (κ2) is 11.2. The number of nitro groups is 1. The van der Waals surface area contributed by atoms with Crippen molar-refractivity contribution in [2.75, 3.05) is 31.1 Å². The Morgan fingerprint density at radius 2 is 1.63 bits per heavy atom. The molecule has 0 bridgehead atoms. The van der Waals surface area contributed by atoms with Crippen LogP contribution in [0.25, 0.3) is 0 Å². The van der Waals surface area contributed by atoms with E-state index in [0.717, 1.165) is 11.1 Å². The number of benzene rings is 2. The average Bonchev–Trinajstić information content (AvgIpc) is 2.91. The van der Waals surface area contributed by atoms with Crippen molar-refractivity contribution in [3.05, 3.63) is 99.7 Å². The number of hydrogen-bond acceptors (Lipinski definition) is 6. The second-order valence-corrected chi connectivity index (χ2v) is 8.37. The van der Waals surface area contributed by atoms with Crippen molar-refractivity contribution >= 4 is 23.3 Å². The summed E-state index contributed by atoms with van der Waals surface area (Å²) in [6.45, 7) is 2.70. The van der Waals surface area contributed by atoms with Gasteiger partial charge < -0.3 is 15.1 Å². The van der Waals surface area contributed by atoms with Crippen LogP contribution in [0.4, 0.5) is 11.5 Å². The minimum absolute atomic E-state index is 0.00520. The molecular formula is C26H27N5O4. The van der Waals surface area contributed by atoms with Gasteiger partial charge in [0.25, 0.3) is 11.6 Å². The van der Waals surface area contributed by atoms with Gasteiger partial charge in [-0.25, -0.2) is 4.98 Å². The molecule has 3 aromatic rings. The number of aryl methyl sites for hydroxylation is 1. The molecule has 2 amide bonds. The number of nitrogens with one attached hydrogen (secondary N) is 1. The first-order valence-electron chi connectivity index (χ1n) is 11.5. The Kier molecular flexibility index (Phi) is 7.67. The van der Waals surface area contributed by atoms with E-state index in [1.54, 1.807) is 23.1 Å². The standard InChI is InChI=1S/C26H27N5O4/c32-25(13-8-20-4-2-1-3-5-20)28-18-21-6-9-22(10-7-21)26(33)30-16-14-29(15-17-30)24-12-11-23(19-27-24)31(34)35/h1-7,9-12,19H,8,13-18H2,(H,28,32). The fraction of sp³-hybridized carbons (Fsp3) is 0.269. The monoisotopic (exact) mass is 473 g/mol. The normalized spacial score (nSPS) is 13.4. The molecule has 35 heavy (non-hydrogen) atoms. The number of hydrogen-bond donors (Lipinski definition) is 1. The van der Waals surface area contributed by atoms with Gasteiger partial charge in [-0.15, -0.1) is 0 Å². The lowest BCUT2D eigenvalue weighted by molar-refractivity contribution is -0.385. The molecule has 0 unspecified atom stereocenters. The number of aromatic nitrogens is 1. The maximum absolute atomic E-state index is 12.9. The number of carbonyl (C=O) groups excluding carboxylic acids is 2. The first-order valence-corrected chi connectivity index (χ1v) is 11.5. The molecule has 4 rings (SSSR count). The summed E-state index contributed by atoms with van der Waals surface area (Å²) in [4.78, 5) is 43.3. The molecule has 0 spiro atoms. The first kappa shape index (κ1) is 23.9. The van der Waals surface area contributed by atoms with Crippen molar-refractivity contribution in [3.63, 3.8) is 0 Å². The average molecular weight is 474 g/mol. The second-order valence-electron chi connectivity index (χ2n) is 8.37. The highest BCUT2D eigenvalue weighted by Crippen LogP contribution is 2.18. The Labute approximate surface area is 203 Å². The zero-order chi connectivity index (χ0) is 24.6. The number of carbonyl (C=O) groups is 2. The molecule has 1 fully saturated rings. The summed E-state index contributed by atoms with van der Waals surface area (Å²) in [5.74, 6) is 0.618. The molecule has 1 N–H and O–H groups in total. The molecule has 1 aliphatic heterocycles. The van der Waals surface area contributed by atoms with Gasteiger partial charge in [0, 0.05) is 50.8 Å². The van der Waals surface area contributed by atoms with E-state index in [4.69, 9.17) is 0 Å². The van der Waals surface area contributed by atoms with Crippen molar-refractivity contribution in [1.29, 1.82) is 0 Å². The van der Waals surface area contributed by atoms with Crippen LogP contribution in [0.15, 0.2) is 72.9 Å². The van der Waals surface area contributed by atoms with Crippen molar-refractivity contribution in [3.8, 4) is 0 Å². The lowest BCUT2D eigenvalue weighted by Crippen LogP contribution is -2.49. The lowest BCUT2D eigenvalue weighted by atomic mass is 10.1. The Morgan fingerprint density at radius 3 is 2.26 bits per heavy atom. The molecule has 1 aliphatic rings.